The SMILES string of the molecule is CCC1CCSC(NC2CCSCC2)=N1. The Morgan fingerprint density at radius 1 is 1.27 bits per heavy atom. The summed E-state index contributed by atoms with van der Waals surface area (Å²) in [5.41, 5.74) is 0. The summed E-state index contributed by atoms with van der Waals surface area (Å²) in [6, 6.07) is 1.26. The summed E-state index contributed by atoms with van der Waals surface area (Å²) in [5.74, 6) is 3.87. The van der Waals surface area contributed by atoms with Gasteiger partial charge in [0.15, 0.2) is 5.17 Å². The molecule has 1 saturated heterocycles. The van der Waals surface area contributed by atoms with Crippen molar-refractivity contribution in [2.45, 2.75) is 44.7 Å². The normalized spacial score (nSPS) is 28.6. The van der Waals surface area contributed by atoms with Crippen LogP contribution in [0, 0.1) is 0 Å². The number of hydrogen-bond donors (Lipinski definition) is 1. The van der Waals surface area contributed by atoms with Gasteiger partial charge in [-0.3, -0.25) is 4.99 Å². The fourth-order valence-electron chi connectivity index (χ4n) is 1.95. The minimum atomic E-state index is 0.576. The van der Waals surface area contributed by atoms with Gasteiger partial charge in [-0.1, -0.05) is 18.7 Å². The second kappa shape index (κ2) is 6.04. The van der Waals surface area contributed by atoms with E-state index in [1.165, 1.54) is 48.1 Å². The van der Waals surface area contributed by atoms with Crippen LogP contribution < -0.4 is 5.32 Å². The van der Waals surface area contributed by atoms with E-state index in [9.17, 15) is 0 Å². The number of rotatable bonds is 2. The van der Waals surface area contributed by atoms with Crippen molar-refractivity contribution in [1.29, 1.82) is 0 Å². The molecule has 1 fully saturated rings. The molecule has 4 heteroatoms. The summed E-state index contributed by atoms with van der Waals surface area (Å²) in [5, 5.41) is 4.83. The number of nitrogens with zero attached hydrogens (tertiary/aromatic N) is 1. The number of aliphatic imine (C=N–C) groups is 1. The lowest BCUT2D eigenvalue weighted by Crippen LogP contribution is -2.37. The Hall–Kier alpha value is 0.170. The van der Waals surface area contributed by atoms with Crippen LogP contribution in [0.15, 0.2) is 4.99 Å². The van der Waals surface area contributed by atoms with Crippen LogP contribution in [0.5, 0.6) is 0 Å². The van der Waals surface area contributed by atoms with E-state index in [1.54, 1.807) is 0 Å². The largest absolute Gasteiger partial charge is 0.362 e. The molecule has 0 radical (unpaired) electrons. The molecule has 1 N–H and O–H groups in total. The third-order valence-electron chi connectivity index (χ3n) is 3.01. The highest BCUT2D eigenvalue weighted by Gasteiger charge is 2.18. The molecule has 1 unspecified atom stereocenters. The molecule has 0 aromatic rings. The van der Waals surface area contributed by atoms with Crippen molar-refractivity contribution in [2.24, 2.45) is 4.99 Å². The molecule has 0 amide bonds. The summed E-state index contributed by atoms with van der Waals surface area (Å²) >= 11 is 3.99. The van der Waals surface area contributed by atoms with Crippen molar-refractivity contribution in [2.75, 3.05) is 17.3 Å². The summed E-state index contributed by atoms with van der Waals surface area (Å²) in [7, 11) is 0. The van der Waals surface area contributed by atoms with E-state index < -0.39 is 0 Å². The summed E-state index contributed by atoms with van der Waals surface area (Å²) in [6.07, 6.45) is 5.06. The predicted octanol–water partition coefficient (Wildman–Crippen LogP) is 2.74. The van der Waals surface area contributed by atoms with Crippen molar-refractivity contribution in [3.63, 3.8) is 0 Å². The predicted molar refractivity (Wildman–Crippen MR) is 72.1 cm³/mol. The molecule has 2 rings (SSSR count). The Kier molecular flexibility index (Phi) is 4.69. The second-order valence-corrected chi connectivity index (χ2v) is 6.47. The number of amidine groups is 1. The van der Waals surface area contributed by atoms with E-state index in [0.717, 1.165) is 0 Å². The van der Waals surface area contributed by atoms with Gasteiger partial charge in [0, 0.05) is 11.8 Å². The lowest BCUT2D eigenvalue weighted by atomic mass is 10.1. The molecular weight excluding hydrogens is 224 g/mol. The third kappa shape index (κ3) is 3.59. The van der Waals surface area contributed by atoms with Crippen LogP contribution in [-0.2, 0) is 0 Å². The topological polar surface area (TPSA) is 24.4 Å². The first kappa shape index (κ1) is 11.6. The van der Waals surface area contributed by atoms with Crippen LogP contribution in [0.2, 0.25) is 0 Å². The summed E-state index contributed by atoms with van der Waals surface area (Å²) in [4.78, 5) is 4.76. The molecule has 0 aromatic heterocycles. The molecular formula is C11H20N2S2. The molecule has 0 spiro atoms. The first-order valence-corrected chi connectivity index (χ1v) is 8.07. The van der Waals surface area contributed by atoms with Crippen molar-refractivity contribution in [1.82, 2.24) is 5.32 Å². The molecule has 0 bridgehead atoms. The minimum absolute atomic E-state index is 0.576. The van der Waals surface area contributed by atoms with Gasteiger partial charge in [-0.2, -0.15) is 11.8 Å². The molecule has 86 valence electrons. The average Bonchev–Trinajstić information content (AvgIpc) is 2.31. The second-order valence-electron chi connectivity index (χ2n) is 4.16. The highest BCUT2D eigenvalue weighted by atomic mass is 32.2. The van der Waals surface area contributed by atoms with Crippen molar-refractivity contribution >= 4 is 28.7 Å². The first-order chi connectivity index (χ1) is 7.38. The van der Waals surface area contributed by atoms with E-state index in [-0.39, 0.29) is 0 Å². The highest BCUT2D eigenvalue weighted by Crippen LogP contribution is 2.21. The van der Waals surface area contributed by atoms with Crippen LogP contribution in [0.1, 0.15) is 32.6 Å². The standard InChI is InChI=1S/C11H20N2S2/c1-2-9-5-8-15-11(12-9)13-10-3-6-14-7-4-10/h9-10H,2-8H2,1H3,(H,12,13). The van der Waals surface area contributed by atoms with Gasteiger partial charge in [-0.15, -0.1) is 0 Å². The molecule has 0 saturated carbocycles. The van der Waals surface area contributed by atoms with Crippen molar-refractivity contribution < 1.29 is 0 Å². The van der Waals surface area contributed by atoms with Crippen molar-refractivity contribution in [3.05, 3.63) is 0 Å². The molecule has 2 nitrogen and oxygen atoms in total. The highest BCUT2D eigenvalue weighted by molar-refractivity contribution is 8.13. The fraction of sp³-hybridized carbons (Fsp3) is 0.909. The first-order valence-electron chi connectivity index (χ1n) is 5.93. The zero-order valence-corrected chi connectivity index (χ0v) is 11.0. The van der Waals surface area contributed by atoms with Gasteiger partial charge in [-0.25, -0.2) is 0 Å². The van der Waals surface area contributed by atoms with E-state index in [2.05, 4.69) is 24.0 Å². The maximum absolute atomic E-state index is 4.76. The zero-order chi connectivity index (χ0) is 10.5. The molecule has 1 atom stereocenters. The molecule has 0 aromatic carbocycles. The van der Waals surface area contributed by atoms with E-state index >= 15 is 0 Å². The quantitative estimate of drug-likeness (QED) is 0.808. The van der Waals surface area contributed by atoms with Gasteiger partial charge in [0.25, 0.3) is 0 Å². The zero-order valence-electron chi connectivity index (χ0n) is 9.37. The van der Waals surface area contributed by atoms with E-state index in [1.807, 2.05) is 11.8 Å². The average molecular weight is 244 g/mol. The van der Waals surface area contributed by atoms with E-state index in [0.29, 0.717) is 12.1 Å². The third-order valence-corrected chi connectivity index (χ3v) is 5.00. The fourth-order valence-corrected chi connectivity index (χ4v) is 4.11. The number of thioether (sulfide) groups is 2. The Morgan fingerprint density at radius 2 is 2.07 bits per heavy atom. The van der Waals surface area contributed by atoms with Gasteiger partial charge in [0.2, 0.25) is 0 Å². The molecule has 2 heterocycles. The van der Waals surface area contributed by atoms with Crippen molar-refractivity contribution in [3.8, 4) is 0 Å². The number of hydrogen-bond acceptors (Lipinski definition) is 4. The maximum Gasteiger partial charge on any atom is 0.157 e. The molecule has 0 aliphatic carbocycles. The van der Waals surface area contributed by atoms with Gasteiger partial charge in [0.1, 0.15) is 0 Å². The summed E-state index contributed by atoms with van der Waals surface area (Å²) < 4.78 is 0. The maximum atomic E-state index is 4.76. The smallest absolute Gasteiger partial charge is 0.157 e. The van der Waals surface area contributed by atoms with Crippen LogP contribution in [0.3, 0.4) is 0 Å². The van der Waals surface area contributed by atoms with Crippen LogP contribution in [0.4, 0.5) is 0 Å². The Labute approximate surface area is 101 Å². The van der Waals surface area contributed by atoms with Gasteiger partial charge >= 0.3 is 0 Å². The lowest BCUT2D eigenvalue weighted by Gasteiger charge is -2.26. The van der Waals surface area contributed by atoms with Gasteiger partial charge in [0.05, 0.1) is 6.04 Å². The van der Waals surface area contributed by atoms with Gasteiger partial charge < -0.3 is 5.32 Å². The Morgan fingerprint density at radius 3 is 2.80 bits per heavy atom. The number of nitrogens with one attached hydrogen (secondary N) is 1. The minimum Gasteiger partial charge on any atom is -0.362 e. The monoisotopic (exact) mass is 244 g/mol. The lowest BCUT2D eigenvalue weighted by molar-refractivity contribution is 0.560. The van der Waals surface area contributed by atoms with E-state index in [4.69, 9.17) is 4.99 Å². The van der Waals surface area contributed by atoms with Crippen LogP contribution in [0.25, 0.3) is 0 Å². The van der Waals surface area contributed by atoms with Crippen LogP contribution >= 0.6 is 23.5 Å². The van der Waals surface area contributed by atoms with Gasteiger partial charge in [-0.05, 0) is 37.2 Å². The molecule has 2 aliphatic heterocycles. The summed E-state index contributed by atoms with van der Waals surface area (Å²) in [6.45, 7) is 2.24. The Balaban J connectivity index is 1.84. The Bertz CT molecular complexity index is 225. The molecule has 15 heavy (non-hydrogen) atoms. The molecule has 2 aliphatic rings. The van der Waals surface area contributed by atoms with Crippen LogP contribution in [-0.4, -0.2) is 34.5 Å².